The van der Waals surface area contributed by atoms with Gasteiger partial charge in [0.15, 0.2) is 0 Å². The monoisotopic (exact) mass is 200 g/mol. The van der Waals surface area contributed by atoms with Crippen molar-refractivity contribution in [2.45, 2.75) is 20.3 Å². The number of hydrogen-bond acceptors (Lipinski definition) is 0. The molecular formula is C9H13Br. The van der Waals surface area contributed by atoms with Gasteiger partial charge in [0.1, 0.15) is 0 Å². The molecule has 0 saturated carbocycles. The first-order valence-corrected chi connectivity index (χ1v) is 4.15. The second-order valence-corrected chi connectivity index (χ2v) is 3.16. The fraction of sp³-hybridized carbons (Fsp3) is 0.333. The van der Waals surface area contributed by atoms with Crippen LogP contribution in [0.5, 0.6) is 0 Å². The second-order valence-electron chi connectivity index (χ2n) is 2.15. The van der Waals surface area contributed by atoms with Gasteiger partial charge in [-0.15, -0.1) is 0 Å². The summed E-state index contributed by atoms with van der Waals surface area (Å²) in [6.07, 6.45) is 7.29. The van der Waals surface area contributed by atoms with Crippen LogP contribution in [0, 0.1) is 0 Å². The minimum absolute atomic E-state index is 0.922. The van der Waals surface area contributed by atoms with Gasteiger partial charge in [-0.1, -0.05) is 47.2 Å². The molecule has 0 bridgehead atoms. The molecular weight excluding hydrogens is 188 g/mol. The molecule has 0 fully saturated rings. The van der Waals surface area contributed by atoms with E-state index in [-0.39, 0.29) is 0 Å². The number of rotatable bonds is 3. The highest BCUT2D eigenvalue weighted by atomic mass is 79.9. The van der Waals surface area contributed by atoms with E-state index in [4.69, 9.17) is 0 Å². The van der Waals surface area contributed by atoms with E-state index in [1.54, 1.807) is 0 Å². The maximum atomic E-state index is 3.71. The van der Waals surface area contributed by atoms with E-state index in [1.807, 2.05) is 6.08 Å². The fourth-order valence-corrected chi connectivity index (χ4v) is 0.960. The lowest BCUT2D eigenvalue weighted by atomic mass is 10.2. The van der Waals surface area contributed by atoms with E-state index < -0.39 is 0 Å². The highest BCUT2D eigenvalue weighted by Gasteiger charge is 1.81. The van der Waals surface area contributed by atoms with Crippen LogP contribution in [-0.4, -0.2) is 0 Å². The molecule has 1 heteroatoms. The molecule has 0 aromatic heterocycles. The Hall–Kier alpha value is -0.300. The summed E-state index contributed by atoms with van der Waals surface area (Å²) >= 11 is 3.26. The van der Waals surface area contributed by atoms with Gasteiger partial charge in [0, 0.05) is 4.48 Å². The minimum Gasteiger partial charge on any atom is -0.0847 e. The molecule has 0 aromatic rings. The Morgan fingerprint density at radius 3 is 2.60 bits per heavy atom. The third-order valence-corrected chi connectivity index (χ3v) is 1.23. The van der Waals surface area contributed by atoms with Crippen molar-refractivity contribution in [1.29, 1.82) is 0 Å². The second kappa shape index (κ2) is 5.48. The molecule has 0 aliphatic carbocycles. The van der Waals surface area contributed by atoms with Crippen molar-refractivity contribution in [3.8, 4) is 0 Å². The molecule has 0 atom stereocenters. The van der Waals surface area contributed by atoms with Gasteiger partial charge in [0.2, 0.25) is 0 Å². The summed E-state index contributed by atoms with van der Waals surface area (Å²) in [5.74, 6) is 0. The predicted octanol–water partition coefficient (Wildman–Crippen LogP) is 3.81. The average Bonchev–Trinajstić information content (AvgIpc) is 1.82. The van der Waals surface area contributed by atoms with Crippen LogP contribution in [0.4, 0.5) is 0 Å². The molecule has 0 unspecified atom stereocenters. The van der Waals surface area contributed by atoms with Crippen LogP contribution in [0.1, 0.15) is 20.3 Å². The highest BCUT2D eigenvalue weighted by Crippen LogP contribution is 2.07. The Balaban J connectivity index is 3.94. The van der Waals surface area contributed by atoms with Crippen LogP contribution in [0.15, 0.2) is 34.9 Å². The topological polar surface area (TPSA) is 0 Å². The van der Waals surface area contributed by atoms with E-state index in [9.17, 15) is 0 Å². The van der Waals surface area contributed by atoms with Gasteiger partial charge >= 0.3 is 0 Å². The highest BCUT2D eigenvalue weighted by molar-refractivity contribution is 9.11. The van der Waals surface area contributed by atoms with Crippen molar-refractivity contribution >= 4 is 15.9 Å². The maximum Gasteiger partial charge on any atom is 0.0106 e. The van der Waals surface area contributed by atoms with Crippen molar-refractivity contribution < 1.29 is 0 Å². The summed E-state index contributed by atoms with van der Waals surface area (Å²) in [6, 6.07) is 0. The van der Waals surface area contributed by atoms with Crippen molar-refractivity contribution in [1.82, 2.24) is 0 Å². The molecule has 0 aromatic carbocycles. The largest absolute Gasteiger partial charge is 0.0847 e. The summed E-state index contributed by atoms with van der Waals surface area (Å²) in [5.41, 5.74) is 1.23. The Bertz CT molecular complexity index is 164. The number of hydrogen-bond donors (Lipinski definition) is 0. The third kappa shape index (κ3) is 5.83. The standard InChI is InChI=1S/C9H13Br/c1-4-5-6-8(2)7-9(3)10/h5-7H,3-4H2,1-2H3/b6-5+,8-7-. The summed E-state index contributed by atoms with van der Waals surface area (Å²) in [6.45, 7) is 7.88. The molecule has 0 spiro atoms. The lowest BCUT2D eigenvalue weighted by Crippen LogP contribution is -1.67. The summed E-state index contributed by atoms with van der Waals surface area (Å²) in [5, 5.41) is 0. The molecule has 0 rings (SSSR count). The summed E-state index contributed by atoms with van der Waals surface area (Å²) < 4.78 is 0.922. The molecule has 0 heterocycles. The van der Waals surface area contributed by atoms with Crippen molar-refractivity contribution in [2.24, 2.45) is 0 Å². The maximum absolute atomic E-state index is 3.71. The molecule has 56 valence electrons. The van der Waals surface area contributed by atoms with Crippen LogP contribution in [0.3, 0.4) is 0 Å². The van der Waals surface area contributed by atoms with E-state index in [1.165, 1.54) is 5.57 Å². The van der Waals surface area contributed by atoms with Crippen LogP contribution < -0.4 is 0 Å². The van der Waals surface area contributed by atoms with Gasteiger partial charge < -0.3 is 0 Å². The molecule has 0 radical (unpaired) electrons. The van der Waals surface area contributed by atoms with E-state index in [0.717, 1.165) is 10.9 Å². The number of halogens is 1. The predicted molar refractivity (Wildman–Crippen MR) is 51.3 cm³/mol. The molecule has 0 saturated heterocycles. The quantitative estimate of drug-likeness (QED) is 0.609. The normalized spacial score (nSPS) is 12.5. The zero-order chi connectivity index (χ0) is 7.98. The zero-order valence-corrected chi connectivity index (χ0v) is 8.11. The molecule has 0 aliphatic heterocycles. The fourth-order valence-electron chi connectivity index (χ4n) is 0.599. The van der Waals surface area contributed by atoms with Gasteiger partial charge in [0.05, 0.1) is 0 Å². The lowest BCUT2D eigenvalue weighted by molar-refractivity contribution is 1.22. The van der Waals surface area contributed by atoms with Gasteiger partial charge in [-0.2, -0.15) is 0 Å². The summed E-state index contributed by atoms with van der Waals surface area (Å²) in [7, 11) is 0. The van der Waals surface area contributed by atoms with E-state index >= 15 is 0 Å². The average molecular weight is 201 g/mol. The molecule has 10 heavy (non-hydrogen) atoms. The molecule has 0 N–H and O–H groups in total. The van der Waals surface area contributed by atoms with Crippen LogP contribution >= 0.6 is 15.9 Å². The van der Waals surface area contributed by atoms with Gasteiger partial charge in [-0.05, 0) is 19.4 Å². The van der Waals surface area contributed by atoms with Crippen LogP contribution in [0.2, 0.25) is 0 Å². The van der Waals surface area contributed by atoms with Gasteiger partial charge in [-0.25, -0.2) is 0 Å². The Morgan fingerprint density at radius 2 is 2.20 bits per heavy atom. The third-order valence-electron chi connectivity index (χ3n) is 1.00. The smallest absolute Gasteiger partial charge is 0.0106 e. The summed E-state index contributed by atoms with van der Waals surface area (Å²) in [4.78, 5) is 0. The zero-order valence-electron chi connectivity index (χ0n) is 6.52. The van der Waals surface area contributed by atoms with Crippen LogP contribution in [-0.2, 0) is 0 Å². The molecule has 0 nitrogen and oxygen atoms in total. The Labute approximate surface area is 71.5 Å². The first-order chi connectivity index (χ1) is 4.66. The van der Waals surface area contributed by atoms with Gasteiger partial charge in [0.25, 0.3) is 0 Å². The van der Waals surface area contributed by atoms with Crippen molar-refractivity contribution in [3.05, 3.63) is 34.9 Å². The van der Waals surface area contributed by atoms with Crippen LogP contribution in [0.25, 0.3) is 0 Å². The van der Waals surface area contributed by atoms with Crippen molar-refractivity contribution in [2.75, 3.05) is 0 Å². The first kappa shape index (κ1) is 9.70. The Morgan fingerprint density at radius 1 is 1.60 bits per heavy atom. The van der Waals surface area contributed by atoms with Gasteiger partial charge in [-0.3, -0.25) is 0 Å². The Kier molecular flexibility index (Phi) is 5.32. The molecule has 0 aliphatic rings. The SMILES string of the molecule is C=C(Br)/C=C(C)\C=C\CC. The first-order valence-electron chi connectivity index (χ1n) is 3.36. The van der Waals surface area contributed by atoms with E-state index in [2.05, 4.69) is 48.5 Å². The lowest BCUT2D eigenvalue weighted by Gasteiger charge is -1.89. The van der Waals surface area contributed by atoms with Crippen molar-refractivity contribution in [3.63, 3.8) is 0 Å². The molecule has 0 amide bonds. The minimum atomic E-state index is 0.922. The number of allylic oxidation sites excluding steroid dienone is 5. The van der Waals surface area contributed by atoms with E-state index in [0.29, 0.717) is 0 Å².